The average molecular weight is 290 g/mol. The number of aromatic nitrogens is 2. The van der Waals surface area contributed by atoms with Crippen molar-refractivity contribution < 1.29 is 4.74 Å². The Morgan fingerprint density at radius 1 is 1.33 bits per heavy atom. The summed E-state index contributed by atoms with van der Waals surface area (Å²) in [6, 6.07) is 3.39. The van der Waals surface area contributed by atoms with Gasteiger partial charge in [0.15, 0.2) is 0 Å². The zero-order valence-electron chi connectivity index (χ0n) is 13.1. The fourth-order valence-corrected chi connectivity index (χ4v) is 3.64. The number of fused-ring (bicyclic) bond motifs is 2. The van der Waals surface area contributed by atoms with Crippen molar-refractivity contribution in [2.75, 3.05) is 25.5 Å². The molecule has 0 aliphatic carbocycles. The first-order chi connectivity index (χ1) is 10.3. The lowest BCUT2D eigenvalue weighted by Crippen LogP contribution is -2.41. The van der Waals surface area contributed by atoms with Crippen LogP contribution in [-0.2, 0) is 0 Å². The van der Waals surface area contributed by atoms with Crippen molar-refractivity contribution in [2.45, 2.75) is 51.1 Å². The lowest BCUT2D eigenvalue weighted by atomic mass is 9.91. The van der Waals surface area contributed by atoms with Crippen LogP contribution in [0.2, 0.25) is 0 Å². The van der Waals surface area contributed by atoms with Crippen LogP contribution in [0, 0.1) is 5.92 Å². The molecular formula is C16H26N4O. The third-order valence-electron chi connectivity index (χ3n) is 4.83. The summed E-state index contributed by atoms with van der Waals surface area (Å²) in [6.45, 7) is 3.77. The summed E-state index contributed by atoms with van der Waals surface area (Å²) in [4.78, 5) is 11.3. The Labute approximate surface area is 127 Å². The maximum Gasteiger partial charge on any atom is 0.225 e. The SMILES string of the molecule is CCCOc1ccnc(NCC2CC3CCC(C2)N3C)n1. The predicted octanol–water partition coefficient (Wildman–Crippen LogP) is 2.55. The number of hydrogen-bond acceptors (Lipinski definition) is 5. The summed E-state index contributed by atoms with van der Waals surface area (Å²) >= 11 is 0. The zero-order chi connectivity index (χ0) is 14.7. The molecule has 1 aromatic heterocycles. The third-order valence-corrected chi connectivity index (χ3v) is 4.83. The Balaban J connectivity index is 1.51. The van der Waals surface area contributed by atoms with Gasteiger partial charge in [-0.25, -0.2) is 4.98 Å². The molecule has 0 saturated carbocycles. The van der Waals surface area contributed by atoms with Crippen LogP contribution < -0.4 is 10.1 Å². The van der Waals surface area contributed by atoms with Gasteiger partial charge in [-0.05, 0) is 45.1 Å². The van der Waals surface area contributed by atoms with E-state index in [4.69, 9.17) is 4.74 Å². The second-order valence-corrected chi connectivity index (χ2v) is 6.34. The fraction of sp³-hybridized carbons (Fsp3) is 0.750. The lowest BCUT2D eigenvalue weighted by molar-refractivity contribution is 0.139. The summed E-state index contributed by atoms with van der Waals surface area (Å²) < 4.78 is 5.55. The highest BCUT2D eigenvalue weighted by Gasteiger charge is 2.38. The van der Waals surface area contributed by atoms with E-state index in [0.29, 0.717) is 18.4 Å². The molecule has 3 rings (SSSR count). The van der Waals surface area contributed by atoms with E-state index < -0.39 is 0 Å². The molecule has 0 amide bonds. The minimum absolute atomic E-state index is 0.665. The molecule has 5 heteroatoms. The number of anilines is 1. The van der Waals surface area contributed by atoms with E-state index in [0.717, 1.165) is 31.0 Å². The highest BCUT2D eigenvalue weighted by molar-refractivity contribution is 5.27. The molecule has 3 heterocycles. The number of nitrogens with zero attached hydrogens (tertiary/aromatic N) is 3. The number of ether oxygens (including phenoxy) is 1. The largest absolute Gasteiger partial charge is 0.478 e. The lowest BCUT2D eigenvalue weighted by Gasteiger charge is -2.36. The van der Waals surface area contributed by atoms with Crippen molar-refractivity contribution in [1.82, 2.24) is 14.9 Å². The van der Waals surface area contributed by atoms with Crippen LogP contribution in [-0.4, -0.2) is 47.2 Å². The van der Waals surface area contributed by atoms with Gasteiger partial charge in [0.2, 0.25) is 11.8 Å². The first-order valence-electron chi connectivity index (χ1n) is 8.18. The van der Waals surface area contributed by atoms with Gasteiger partial charge >= 0.3 is 0 Å². The van der Waals surface area contributed by atoms with E-state index in [2.05, 4.69) is 34.2 Å². The van der Waals surface area contributed by atoms with Crippen LogP contribution in [0.1, 0.15) is 39.0 Å². The Kier molecular flexibility index (Phi) is 4.58. The molecule has 1 aromatic rings. The quantitative estimate of drug-likeness (QED) is 0.872. The van der Waals surface area contributed by atoms with E-state index in [1.165, 1.54) is 25.7 Å². The van der Waals surface area contributed by atoms with Gasteiger partial charge < -0.3 is 15.0 Å². The normalized spacial score (nSPS) is 28.6. The van der Waals surface area contributed by atoms with E-state index in [-0.39, 0.29) is 0 Å². The molecule has 5 nitrogen and oxygen atoms in total. The van der Waals surface area contributed by atoms with Crippen LogP contribution in [0.25, 0.3) is 0 Å². The minimum Gasteiger partial charge on any atom is -0.478 e. The topological polar surface area (TPSA) is 50.3 Å². The second-order valence-electron chi connectivity index (χ2n) is 6.34. The van der Waals surface area contributed by atoms with Crippen LogP contribution in [0.5, 0.6) is 5.88 Å². The highest BCUT2D eigenvalue weighted by Crippen LogP contribution is 2.37. The zero-order valence-corrected chi connectivity index (χ0v) is 13.1. The third kappa shape index (κ3) is 3.46. The molecule has 0 radical (unpaired) electrons. The van der Waals surface area contributed by atoms with E-state index in [1.54, 1.807) is 6.20 Å². The van der Waals surface area contributed by atoms with Crippen LogP contribution in [0.3, 0.4) is 0 Å². The van der Waals surface area contributed by atoms with Gasteiger partial charge in [0.1, 0.15) is 0 Å². The average Bonchev–Trinajstić information content (AvgIpc) is 2.74. The summed E-state index contributed by atoms with van der Waals surface area (Å²) in [5, 5.41) is 3.39. The Hall–Kier alpha value is -1.36. The first kappa shape index (κ1) is 14.6. The standard InChI is InChI=1S/C16H26N4O/c1-3-8-21-15-6-7-17-16(19-15)18-11-12-9-13-4-5-14(10-12)20(13)2/h6-7,12-14H,3-5,8-11H2,1-2H3,(H,17,18,19). The Morgan fingerprint density at radius 3 is 2.81 bits per heavy atom. The summed E-state index contributed by atoms with van der Waals surface area (Å²) in [6.07, 6.45) is 8.09. The highest BCUT2D eigenvalue weighted by atomic mass is 16.5. The van der Waals surface area contributed by atoms with Gasteiger partial charge in [0, 0.05) is 30.9 Å². The molecule has 21 heavy (non-hydrogen) atoms. The van der Waals surface area contributed by atoms with Crippen molar-refractivity contribution >= 4 is 5.95 Å². The van der Waals surface area contributed by atoms with E-state index in [9.17, 15) is 0 Å². The molecule has 2 bridgehead atoms. The summed E-state index contributed by atoms with van der Waals surface area (Å²) in [5.41, 5.74) is 0. The molecule has 2 unspecified atom stereocenters. The summed E-state index contributed by atoms with van der Waals surface area (Å²) in [5.74, 6) is 2.09. The maximum atomic E-state index is 5.55. The number of nitrogens with one attached hydrogen (secondary N) is 1. The molecule has 0 aromatic carbocycles. The number of hydrogen-bond donors (Lipinski definition) is 1. The number of piperidine rings is 1. The van der Waals surface area contributed by atoms with Crippen molar-refractivity contribution in [3.63, 3.8) is 0 Å². The fourth-order valence-electron chi connectivity index (χ4n) is 3.64. The Morgan fingerprint density at radius 2 is 2.10 bits per heavy atom. The molecule has 1 N–H and O–H groups in total. The Bertz CT molecular complexity index is 453. The van der Waals surface area contributed by atoms with Gasteiger partial charge in [-0.15, -0.1) is 0 Å². The van der Waals surface area contributed by atoms with Crippen LogP contribution >= 0.6 is 0 Å². The van der Waals surface area contributed by atoms with E-state index >= 15 is 0 Å². The first-order valence-corrected chi connectivity index (χ1v) is 8.18. The molecule has 0 spiro atoms. The molecule has 116 valence electrons. The van der Waals surface area contributed by atoms with Gasteiger partial charge in [-0.2, -0.15) is 4.98 Å². The maximum absolute atomic E-state index is 5.55. The minimum atomic E-state index is 0.665. The predicted molar refractivity (Wildman–Crippen MR) is 83.6 cm³/mol. The molecule has 2 atom stereocenters. The van der Waals surface area contributed by atoms with Crippen molar-refractivity contribution in [1.29, 1.82) is 0 Å². The molecule has 2 aliphatic heterocycles. The summed E-state index contributed by atoms with van der Waals surface area (Å²) in [7, 11) is 2.28. The molecule has 2 fully saturated rings. The smallest absolute Gasteiger partial charge is 0.225 e. The molecular weight excluding hydrogens is 264 g/mol. The van der Waals surface area contributed by atoms with Crippen molar-refractivity contribution in [3.05, 3.63) is 12.3 Å². The van der Waals surface area contributed by atoms with Crippen LogP contribution in [0.15, 0.2) is 12.3 Å². The molecule has 2 saturated heterocycles. The van der Waals surface area contributed by atoms with Gasteiger partial charge in [-0.3, -0.25) is 0 Å². The number of rotatable bonds is 6. The van der Waals surface area contributed by atoms with E-state index in [1.807, 2.05) is 6.07 Å². The van der Waals surface area contributed by atoms with Gasteiger partial charge in [0.25, 0.3) is 0 Å². The van der Waals surface area contributed by atoms with Gasteiger partial charge in [-0.1, -0.05) is 6.92 Å². The monoisotopic (exact) mass is 290 g/mol. The van der Waals surface area contributed by atoms with Crippen molar-refractivity contribution in [2.24, 2.45) is 5.92 Å². The van der Waals surface area contributed by atoms with Crippen LogP contribution in [0.4, 0.5) is 5.95 Å². The van der Waals surface area contributed by atoms with Crippen molar-refractivity contribution in [3.8, 4) is 5.88 Å². The van der Waals surface area contributed by atoms with Gasteiger partial charge in [0.05, 0.1) is 6.61 Å². The molecule has 2 aliphatic rings. The second kappa shape index (κ2) is 6.60.